The van der Waals surface area contributed by atoms with Gasteiger partial charge in [0.05, 0.1) is 5.71 Å². The molecule has 0 fully saturated rings. The number of aliphatic imine (C=N–C) groups is 1. The minimum Gasteiger partial charge on any atom is -0.398 e. The van der Waals surface area contributed by atoms with E-state index < -0.39 is 0 Å². The monoisotopic (exact) mass is 410 g/mol. The molecule has 0 aliphatic heterocycles. The largest absolute Gasteiger partial charge is 0.398 e. The Bertz CT molecular complexity index is 1180. The molecule has 0 spiro atoms. The summed E-state index contributed by atoms with van der Waals surface area (Å²) in [5.41, 5.74) is 15.6. The van der Waals surface area contributed by atoms with E-state index in [1.54, 1.807) is 48.5 Å². The van der Waals surface area contributed by atoms with Crippen molar-refractivity contribution >= 4 is 41.2 Å². The molecule has 0 saturated carbocycles. The summed E-state index contributed by atoms with van der Waals surface area (Å²) >= 11 is 0. The Morgan fingerprint density at radius 2 is 1.74 bits per heavy atom. The van der Waals surface area contributed by atoms with Crippen LogP contribution in [0, 0.1) is 10.8 Å². The lowest BCUT2D eigenvalue weighted by molar-refractivity contribution is -0.111. The molecule has 0 atom stereocenters. The minimum atomic E-state index is -0.273. The van der Waals surface area contributed by atoms with Crippen LogP contribution in [0.1, 0.15) is 22.3 Å². The molecule has 7 nitrogen and oxygen atoms in total. The predicted molar refractivity (Wildman–Crippen MR) is 127 cm³/mol. The van der Waals surface area contributed by atoms with Gasteiger partial charge in [0.1, 0.15) is 12.2 Å². The van der Waals surface area contributed by atoms with Gasteiger partial charge in [-0.2, -0.15) is 0 Å². The van der Waals surface area contributed by atoms with Crippen LogP contribution < -0.4 is 16.8 Å². The SMILES string of the molecule is N=CN=C(N)c1ccc(N)c(C(=N)c2cccc(NC(=O)/C=C/c3ccccc3)c2)c1. The molecule has 0 radical (unpaired) electrons. The van der Waals surface area contributed by atoms with Crippen LogP contribution in [0.5, 0.6) is 0 Å². The van der Waals surface area contributed by atoms with E-state index in [-0.39, 0.29) is 17.5 Å². The van der Waals surface area contributed by atoms with Crippen molar-refractivity contribution < 1.29 is 4.79 Å². The third-order valence-corrected chi connectivity index (χ3v) is 4.47. The standard InChI is InChI=1S/C24H22N6O/c25-15-29-24(28)18-10-11-21(26)20(14-18)23(27)17-7-4-8-19(13-17)30-22(31)12-9-16-5-2-1-3-6-16/h1-15,27H,26H2,(H,30,31)(H3,25,28,29)/b12-9+,27-23?. The summed E-state index contributed by atoms with van der Waals surface area (Å²) in [6, 6.07) is 21.5. The Labute approximate surface area is 180 Å². The fraction of sp³-hybridized carbons (Fsp3) is 0. The van der Waals surface area contributed by atoms with Crippen molar-refractivity contribution in [1.82, 2.24) is 0 Å². The summed E-state index contributed by atoms with van der Waals surface area (Å²) in [5, 5.41) is 18.5. The van der Waals surface area contributed by atoms with Crippen LogP contribution in [0.3, 0.4) is 0 Å². The molecule has 0 bridgehead atoms. The van der Waals surface area contributed by atoms with Crippen LogP contribution in [-0.2, 0) is 4.79 Å². The number of carbonyl (C=O) groups excluding carboxylic acids is 1. The molecule has 1 amide bonds. The van der Waals surface area contributed by atoms with Crippen LogP contribution in [0.4, 0.5) is 11.4 Å². The van der Waals surface area contributed by atoms with Crippen molar-refractivity contribution in [2.45, 2.75) is 0 Å². The molecular weight excluding hydrogens is 388 g/mol. The number of nitrogens with zero attached hydrogens (tertiary/aromatic N) is 1. The highest BCUT2D eigenvalue weighted by molar-refractivity contribution is 6.16. The first-order valence-corrected chi connectivity index (χ1v) is 9.43. The molecule has 0 aliphatic carbocycles. The molecule has 0 heterocycles. The molecule has 3 aromatic rings. The zero-order valence-corrected chi connectivity index (χ0v) is 16.7. The first-order valence-electron chi connectivity index (χ1n) is 9.43. The molecule has 3 aromatic carbocycles. The van der Waals surface area contributed by atoms with E-state index in [0.29, 0.717) is 28.1 Å². The maximum atomic E-state index is 12.3. The van der Waals surface area contributed by atoms with Gasteiger partial charge in [-0.25, -0.2) is 4.99 Å². The number of hydrogen-bond acceptors (Lipinski definition) is 4. The Morgan fingerprint density at radius 1 is 0.968 bits per heavy atom. The number of hydrogen-bond donors (Lipinski definition) is 5. The smallest absolute Gasteiger partial charge is 0.248 e. The third-order valence-electron chi connectivity index (χ3n) is 4.47. The topological polar surface area (TPSA) is 141 Å². The second-order valence-electron chi connectivity index (χ2n) is 6.63. The second kappa shape index (κ2) is 9.80. The number of amides is 1. The van der Waals surface area contributed by atoms with E-state index >= 15 is 0 Å². The van der Waals surface area contributed by atoms with E-state index in [1.807, 2.05) is 30.3 Å². The molecule has 3 rings (SSSR count). The quantitative estimate of drug-likeness (QED) is 0.176. The van der Waals surface area contributed by atoms with Gasteiger partial charge in [-0.05, 0) is 42.0 Å². The maximum Gasteiger partial charge on any atom is 0.248 e. The predicted octanol–water partition coefficient (Wildman–Crippen LogP) is 3.65. The highest BCUT2D eigenvalue weighted by atomic mass is 16.1. The molecule has 31 heavy (non-hydrogen) atoms. The van der Waals surface area contributed by atoms with Gasteiger partial charge in [0.15, 0.2) is 0 Å². The number of nitrogen functional groups attached to an aromatic ring is 1. The van der Waals surface area contributed by atoms with Crippen molar-refractivity contribution in [2.24, 2.45) is 10.7 Å². The van der Waals surface area contributed by atoms with Gasteiger partial charge in [0.25, 0.3) is 0 Å². The fourth-order valence-corrected chi connectivity index (χ4v) is 2.90. The minimum absolute atomic E-state index is 0.162. The van der Waals surface area contributed by atoms with Gasteiger partial charge >= 0.3 is 0 Å². The van der Waals surface area contributed by atoms with Crippen molar-refractivity contribution in [3.05, 3.63) is 101 Å². The van der Waals surface area contributed by atoms with E-state index in [4.69, 9.17) is 22.3 Å². The van der Waals surface area contributed by atoms with Crippen molar-refractivity contribution in [3.8, 4) is 0 Å². The lowest BCUT2D eigenvalue weighted by Gasteiger charge is -2.11. The Kier molecular flexibility index (Phi) is 6.70. The van der Waals surface area contributed by atoms with Crippen LogP contribution in [0.15, 0.2) is 83.9 Å². The zero-order valence-electron chi connectivity index (χ0n) is 16.7. The lowest BCUT2D eigenvalue weighted by atomic mass is 9.98. The number of nitrogens with one attached hydrogen (secondary N) is 3. The number of carbonyl (C=O) groups is 1. The average Bonchev–Trinajstić information content (AvgIpc) is 2.78. The molecule has 0 aromatic heterocycles. The summed E-state index contributed by atoms with van der Waals surface area (Å²) in [6.07, 6.45) is 4.04. The fourth-order valence-electron chi connectivity index (χ4n) is 2.90. The number of nitrogens with two attached hydrogens (primary N) is 2. The second-order valence-corrected chi connectivity index (χ2v) is 6.63. The van der Waals surface area contributed by atoms with Crippen molar-refractivity contribution in [3.63, 3.8) is 0 Å². The van der Waals surface area contributed by atoms with Crippen molar-refractivity contribution in [1.29, 1.82) is 10.8 Å². The van der Waals surface area contributed by atoms with E-state index in [2.05, 4.69) is 10.3 Å². The van der Waals surface area contributed by atoms with Gasteiger partial charge in [-0.1, -0.05) is 42.5 Å². The van der Waals surface area contributed by atoms with Gasteiger partial charge in [0, 0.05) is 34.1 Å². The molecule has 7 N–H and O–H groups in total. The third kappa shape index (κ3) is 5.51. The number of anilines is 2. The van der Waals surface area contributed by atoms with Gasteiger partial charge in [0.2, 0.25) is 5.91 Å². The number of rotatable bonds is 7. The van der Waals surface area contributed by atoms with Crippen LogP contribution in [0.25, 0.3) is 6.08 Å². The van der Waals surface area contributed by atoms with Gasteiger partial charge < -0.3 is 16.8 Å². The van der Waals surface area contributed by atoms with E-state index in [0.717, 1.165) is 11.9 Å². The highest BCUT2D eigenvalue weighted by Gasteiger charge is 2.12. The average molecular weight is 410 g/mol. The zero-order chi connectivity index (χ0) is 22.2. The van der Waals surface area contributed by atoms with Crippen LogP contribution in [-0.4, -0.2) is 23.8 Å². The summed E-state index contributed by atoms with van der Waals surface area (Å²) in [7, 11) is 0. The normalized spacial score (nSPS) is 11.3. The summed E-state index contributed by atoms with van der Waals surface area (Å²) < 4.78 is 0. The Morgan fingerprint density at radius 3 is 2.48 bits per heavy atom. The van der Waals surface area contributed by atoms with Crippen LogP contribution in [0.2, 0.25) is 0 Å². The van der Waals surface area contributed by atoms with E-state index in [9.17, 15) is 4.79 Å². The molecule has 0 aliphatic rings. The Hall–Kier alpha value is -4.52. The Balaban J connectivity index is 1.80. The maximum absolute atomic E-state index is 12.3. The summed E-state index contributed by atoms with van der Waals surface area (Å²) in [5.74, 6) is -0.111. The summed E-state index contributed by atoms with van der Waals surface area (Å²) in [6.45, 7) is 0. The van der Waals surface area contributed by atoms with Gasteiger partial charge in [-0.15, -0.1) is 0 Å². The van der Waals surface area contributed by atoms with Crippen molar-refractivity contribution in [2.75, 3.05) is 11.1 Å². The first kappa shape index (κ1) is 21.2. The van der Waals surface area contributed by atoms with Crippen LogP contribution >= 0.6 is 0 Å². The number of amidine groups is 1. The van der Waals surface area contributed by atoms with Gasteiger partial charge in [-0.3, -0.25) is 15.6 Å². The molecule has 0 saturated heterocycles. The molecule has 7 heteroatoms. The molecule has 154 valence electrons. The van der Waals surface area contributed by atoms with E-state index in [1.165, 1.54) is 6.08 Å². The summed E-state index contributed by atoms with van der Waals surface area (Å²) in [4.78, 5) is 16.0. The number of benzene rings is 3. The highest BCUT2D eigenvalue weighted by Crippen LogP contribution is 2.21. The lowest BCUT2D eigenvalue weighted by Crippen LogP contribution is -2.15. The first-order chi connectivity index (χ1) is 15.0. The molecular formula is C24H22N6O. The molecule has 0 unspecified atom stereocenters.